The van der Waals surface area contributed by atoms with Gasteiger partial charge in [0.1, 0.15) is 15.8 Å². The molecule has 3 atom stereocenters. The molecule has 2 aromatic rings. The standard InChI is InChI=1S/C25H30N4O3S2/c1-15-10-16(2)13-27(12-15)22-19(23(30)28-8-4-6-17(3)21(28)26-22)11-20-24(31)29(25(33)34-20)14-18-7-5-9-32-18/h4,6,8,11,15-16,18H,5,7,9-10,12-14H2,1-3H3/b20-11+/t15-,16-,18-/m0/s1. The van der Waals surface area contributed by atoms with Crippen LogP contribution in [0.4, 0.5) is 5.82 Å². The van der Waals surface area contributed by atoms with E-state index in [1.165, 1.54) is 11.8 Å². The first kappa shape index (κ1) is 23.5. The van der Waals surface area contributed by atoms with Crippen molar-refractivity contribution in [2.45, 2.75) is 46.1 Å². The van der Waals surface area contributed by atoms with Crippen molar-refractivity contribution in [1.82, 2.24) is 14.3 Å². The van der Waals surface area contributed by atoms with Gasteiger partial charge in [0, 0.05) is 25.9 Å². The molecule has 0 N–H and O–H groups in total. The maximum Gasteiger partial charge on any atom is 0.267 e. The third-order valence-electron chi connectivity index (χ3n) is 6.79. The number of anilines is 1. The maximum absolute atomic E-state index is 13.7. The topological polar surface area (TPSA) is 67.2 Å². The summed E-state index contributed by atoms with van der Waals surface area (Å²) in [6, 6.07) is 3.81. The first-order valence-electron chi connectivity index (χ1n) is 12.0. The van der Waals surface area contributed by atoms with Crippen LogP contribution in [-0.2, 0) is 9.53 Å². The molecule has 0 bridgehead atoms. The molecule has 3 aliphatic rings. The summed E-state index contributed by atoms with van der Waals surface area (Å²) in [7, 11) is 0. The van der Waals surface area contributed by atoms with Crippen LogP contribution < -0.4 is 10.5 Å². The van der Waals surface area contributed by atoms with E-state index in [0.29, 0.717) is 44.6 Å². The number of aryl methyl sites for hydroxylation is 1. The molecule has 34 heavy (non-hydrogen) atoms. The van der Waals surface area contributed by atoms with Gasteiger partial charge in [-0.2, -0.15) is 0 Å². The van der Waals surface area contributed by atoms with Gasteiger partial charge in [0.15, 0.2) is 0 Å². The van der Waals surface area contributed by atoms with E-state index in [-0.39, 0.29) is 17.6 Å². The summed E-state index contributed by atoms with van der Waals surface area (Å²) in [5.41, 5.74) is 1.87. The molecule has 7 nitrogen and oxygen atoms in total. The molecule has 180 valence electrons. The maximum atomic E-state index is 13.7. The number of ether oxygens (including phenoxy) is 1. The monoisotopic (exact) mass is 498 g/mol. The smallest absolute Gasteiger partial charge is 0.267 e. The zero-order valence-electron chi connectivity index (χ0n) is 19.8. The van der Waals surface area contributed by atoms with Crippen LogP contribution in [0.3, 0.4) is 0 Å². The first-order chi connectivity index (χ1) is 16.3. The van der Waals surface area contributed by atoms with E-state index in [1.807, 2.05) is 19.1 Å². The molecule has 0 saturated carbocycles. The number of fused-ring (bicyclic) bond motifs is 1. The molecule has 3 fully saturated rings. The summed E-state index contributed by atoms with van der Waals surface area (Å²) in [4.78, 5) is 36.3. The third kappa shape index (κ3) is 4.41. The number of hydrogen-bond donors (Lipinski definition) is 0. The Morgan fingerprint density at radius 1 is 1.26 bits per heavy atom. The normalized spacial score (nSPS) is 26.9. The molecule has 0 aromatic carbocycles. The average molecular weight is 499 g/mol. The molecule has 0 unspecified atom stereocenters. The molecule has 3 saturated heterocycles. The minimum absolute atomic E-state index is 0.0182. The van der Waals surface area contributed by atoms with E-state index in [4.69, 9.17) is 21.9 Å². The second-order valence-electron chi connectivity index (χ2n) is 9.82. The van der Waals surface area contributed by atoms with Crippen LogP contribution in [0.5, 0.6) is 0 Å². The first-order valence-corrected chi connectivity index (χ1v) is 13.2. The minimum Gasteiger partial charge on any atom is -0.376 e. The van der Waals surface area contributed by atoms with Crippen LogP contribution in [0, 0.1) is 18.8 Å². The zero-order valence-corrected chi connectivity index (χ0v) is 21.5. The highest BCUT2D eigenvalue weighted by molar-refractivity contribution is 8.26. The van der Waals surface area contributed by atoms with Gasteiger partial charge in [0.2, 0.25) is 0 Å². The Kier molecular flexibility index (Phi) is 6.52. The molecule has 5 heterocycles. The molecule has 9 heteroatoms. The zero-order chi connectivity index (χ0) is 24.0. The van der Waals surface area contributed by atoms with Crippen molar-refractivity contribution in [3.63, 3.8) is 0 Å². The quantitative estimate of drug-likeness (QED) is 0.468. The van der Waals surface area contributed by atoms with Gasteiger partial charge in [-0.25, -0.2) is 4.98 Å². The molecule has 1 amide bonds. The van der Waals surface area contributed by atoms with Crippen LogP contribution in [0.1, 0.15) is 44.2 Å². The second-order valence-corrected chi connectivity index (χ2v) is 11.5. The minimum atomic E-state index is -0.168. The molecule has 0 radical (unpaired) electrons. The van der Waals surface area contributed by atoms with Crippen molar-refractivity contribution >= 4 is 51.7 Å². The Morgan fingerprint density at radius 3 is 2.74 bits per heavy atom. The summed E-state index contributed by atoms with van der Waals surface area (Å²) in [5, 5.41) is 0. The summed E-state index contributed by atoms with van der Waals surface area (Å²) in [6.45, 7) is 9.28. The lowest BCUT2D eigenvalue weighted by molar-refractivity contribution is -0.123. The summed E-state index contributed by atoms with van der Waals surface area (Å²) in [5.74, 6) is 1.49. The molecule has 3 aliphatic heterocycles. The number of carbonyl (C=O) groups is 1. The molecular formula is C25H30N4O3S2. The lowest BCUT2D eigenvalue weighted by atomic mass is 9.91. The van der Waals surface area contributed by atoms with Gasteiger partial charge in [0.25, 0.3) is 11.5 Å². The van der Waals surface area contributed by atoms with Crippen LogP contribution in [-0.4, -0.2) is 56.9 Å². The number of pyridine rings is 1. The number of rotatable bonds is 4. The van der Waals surface area contributed by atoms with Crippen LogP contribution in [0.2, 0.25) is 0 Å². The van der Waals surface area contributed by atoms with Crippen molar-refractivity contribution in [3.8, 4) is 0 Å². The van der Waals surface area contributed by atoms with Gasteiger partial charge in [-0.05, 0) is 55.7 Å². The summed E-state index contributed by atoms with van der Waals surface area (Å²) >= 11 is 6.78. The fraction of sp³-hybridized carbons (Fsp3) is 0.520. The Labute approximate surface area is 209 Å². The highest BCUT2D eigenvalue weighted by Crippen LogP contribution is 2.35. The van der Waals surface area contributed by atoms with Gasteiger partial charge >= 0.3 is 0 Å². The number of nitrogens with zero attached hydrogens (tertiary/aromatic N) is 4. The number of carbonyl (C=O) groups excluding carboxylic acids is 1. The number of piperidine rings is 1. The third-order valence-corrected chi connectivity index (χ3v) is 8.17. The molecule has 2 aromatic heterocycles. The van der Waals surface area contributed by atoms with E-state index in [1.54, 1.807) is 21.6 Å². The van der Waals surface area contributed by atoms with E-state index in [2.05, 4.69) is 18.7 Å². The summed E-state index contributed by atoms with van der Waals surface area (Å²) < 4.78 is 7.80. The van der Waals surface area contributed by atoms with Crippen LogP contribution >= 0.6 is 24.0 Å². The van der Waals surface area contributed by atoms with Crippen molar-refractivity contribution in [2.75, 3.05) is 31.1 Å². The van der Waals surface area contributed by atoms with E-state index in [0.717, 1.165) is 44.5 Å². The fourth-order valence-corrected chi connectivity index (χ4v) is 6.54. The Balaban J connectivity index is 1.59. The van der Waals surface area contributed by atoms with E-state index in [9.17, 15) is 9.59 Å². The lowest BCUT2D eigenvalue weighted by Gasteiger charge is -2.36. The van der Waals surface area contributed by atoms with Gasteiger partial charge in [-0.15, -0.1) is 0 Å². The number of hydrogen-bond acceptors (Lipinski definition) is 7. The number of thiocarbonyl (C=S) groups is 1. The van der Waals surface area contributed by atoms with Crippen molar-refractivity contribution < 1.29 is 9.53 Å². The highest BCUT2D eigenvalue weighted by atomic mass is 32.2. The second kappa shape index (κ2) is 9.43. The molecule has 5 rings (SSSR count). The average Bonchev–Trinajstić information content (AvgIpc) is 3.39. The van der Waals surface area contributed by atoms with E-state index >= 15 is 0 Å². The predicted octanol–water partition coefficient (Wildman–Crippen LogP) is 3.87. The Hall–Kier alpha value is -2.23. The van der Waals surface area contributed by atoms with E-state index < -0.39 is 0 Å². The number of thioether (sulfide) groups is 1. The summed E-state index contributed by atoms with van der Waals surface area (Å²) in [6.07, 6.45) is 6.55. The molecular weight excluding hydrogens is 468 g/mol. The number of aromatic nitrogens is 2. The lowest BCUT2D eigenvalue weighted by Crippen LogP contribution is -2.40. The predicted molar refractivity (Wildman–Crippen MR) is 140 cm³/mol. The Bertz CT molecular complexity index is 1220. The largest absolute Gasteiger partial charge is 0.376 e. The molecule has 0 spiro atoms. The van der Waals surface area contributed by atoms with Crippen molar-refractivity contribution in [2.24, 2.45) is 11.8 Å². The van der Waals surface area contributed by atoms with Crippen LogP contribution in [0.15, 0.2) is 28.0 Å². The van der Waals surface area contributed by atoms with Gasteiger partial charge in [0.05, 0.1) is 23.1 Å². The fourth-order valence-electron chi connectivity index (χ4n) is 5.28. The molecule has 0 aliphatic carbocycles. The van der Waals surface area contributed by atoms with Crippen molar-refractivity contribution in [1.29, 1.82) is 0 Å². The van der Waals surface area contributed by atoms with Crippen molar-refractivity contribution in [3.05, 3.63) is 44.7 Å². The van der Waals surface area contributed by atoms with Gasteiger partial charge in [-0.1, -0.05) is 43.9 Å². The number of amides is 1. The van der Waals surface area contributed by atoms with Crippen LogP contribution in [0.25, 0.3) is 11.7 Å². The SMILES string of the molecule is Cc1cccn2c(=O)c(/C=C3/SC(=S)N(C[C@@H]4CCCO4)C3=O)c(N3C[C@@H](C)C[C@H](C)C3)nc12. The Morgan fingerprint density at radius 2 is 2.03 bits per heavy atom. The van der Waals surface area contributed by atoms with Gasteiger partial charge in [-0.3, -0.25) is 18.9 Å². The van der Waals surface area contributed by atoms with Gasteiger partial charge < -0.3 is 9.64 Å². The highest BCUT2D eigenvalue weighted by Gasteiger charge is 2.35.